The third kappa shape index (κ3) is 3.28. The van der Waals surface area contributed by atoms with Gasteiger partial charge in [-0.05, 0) is 56.4 Å². The molecule has 0 bridgehead atoms. The third-order valence-corrected chi connectivity index (χ3v) is 6.74. The highest BCUT2D eigenvalue weighted by atomic mass is 16.4. The molecule has 1 N–H and O–H groups in total. The lowest BCUT2D eigenvalue weighted by atomic mass is 9.68. The largest absolute Gasteiger partial charge is 0.481 e. The normalized spacial score (nSPS) is 35.0. The van der Waals surface area contributed by atoms with Crippen LogP contribution < -0.4 is 0 Å². The van der Waals surface area contributed by atoms with E-state index in [1.54, 1.807) is 0 Å². The molecule has 0 aromatic heterocycles. The summed E-state index contributed by atoms with van der Waals surface area (Å²) in [6.07, 6.45) is 7.99. The third-order valence-electron chi connectivity index (χ3n) is 6.74. The van der Waals surface area contributed by atoms with E-state index in [0.717, 1.165) is 31.8 Å². The average molecular weight is 295 g/mol. The van der Waals surface area contributed by atoms with Gasteiger partial charge in [0.25, 0.3) is 0 Å². The zero-order chi connectivity index (χ0) is 15.7. The lowest BCUT2D eigenvalue weighted by Crippen LogP contribution is -2.41. The molecule has 1 saturated heterocycles. The molecule has 2 aliphatic rings. The van der Waals surface area contributed by atoms with E-state index in [1.807, 2.05) is 6.92 Å². The molecule has 0 aromatic carbocycles. The van der Waals surface area contributed by atoms with Gasteiger partial charge in [0.15, 0.2) is 0 Å². The zero-order valence-electron chi connectivity index (χ0n) is 14.3. The van der Waals surface area contributed by atoms with E-state index in [4.69, 9.17) is 0 Å². The van der Waals surface area contributed by atoms with Crippen molar-refractivity contribution in [1.82, 2.24) is 4.90 Å². The van der Waals surface area contributed by atoms with Gasteiger partial charge in [-0.1, -0.05) is 34.1 Å². The van der Waals surface area contributed by atoms with Crippen LogP contribution in [0.2, 0.25) is 0 Å². The first-order valence-electron chi connectivity index (χ1n) is 8.82. The number of nitrogens with zero attached hydrogens (tertiary/aromatic N) is 1. The molecule has 1 aliphatic carbocycles. The van der Waals surface area contributed by atoms with E-state index in [1.165, 1.54) is 32.1 Å². The van der Waals surface area contributed by atoms with Gasteiger partial charge in [0, 0.05) is 12.6 Å². The molecule has 0 spiro atoms. The molecule has 3 heteroatoms. The Morgan fingerprint density at radius 2 is 1.86 bits per heavy atom. The number of likely N-dealkylation sites (tertiary alicyclic amines) is 1. The minimum atomic E-state index is -0.590. The fraction of sp³-hybridized carbons (Fsp3) is 0.944. The van der Waals surface area contributed by atoms with E-state index < -0.39 is 11.4 Å². The maximum Gasteiger partial charge on any atom is 0.310 e. The Morgan fingerprint density at radius 1 is 1.24 bits per heavy atom. The summed E-state index contributed by atoms with van der Waals surface area (Å²) in [5.74, 6) is 0.255. The van der Waals surface area contributed by atoms with Gasteiger partial charge in [-0.2, -0.15) is 0 Å². The molecule has 2 fully saturated rings. The molecule has 3 nitrogen and oxygen atoms in total. The van der Waals surface area contributed by atoms with Gasteiger partial charge in [0.1, 0.15) is 0 Å². The van der Waals surface area contributed by atoms with Crippen molar-refractivity contribution in [3.63, 3.8) is 0 Å². The predicted molar refractivity (Wildman–Crippen MR) is 86.4 cm³/mol. The van der Waals surface area contributed by atoms with Gasteiger partial charge < -0.3 is 5.11 Å². The first-order valence-corrected chi connectivity index (χ1v) is 8.82. The summed E-state index contributed by atoms with van der Waals surface area (Å²) < 4.78 is 0. The van der Waals surface area contributed by atoms with Crippen molar-refractivity contribution in [2.24, 2.45) is 16.7 Å². The lowest BCUT2D eigenvalue weighted by Gasteiger charge is -2.41. The summed E-state index contributed by atoms with van der Waals surface area (Å²) in [6, 6.07) is 0.627. The van der Waals surface area contributed by atoms with Crippen LogP contribution in [-0.4, -0.2) is 35.1 Å². The standard InChI is InChI=1S/C18H33NO2/c1-5-17(3,4)14-7-9-15(10-8-14)19-12-11-18(6-2,13-19)16(20)21/h14-15H,5-13H2,1-4H3,(H,20,21). The number of aliphatic carboxylic acids is 1. The lowest BCUT2D eigenvalue weighted by molar-refractivity contribution is -0.148. The number of hydrogen-bond acceptors (Lipinski definition) is 2. The van der Waals surface area contributed by atoms with Crippen molar-refractivity contribution in [3.8, 4) is 0 Å². The van der Waals surface area contributed by atoms with Gasteiger partial charge in [0.2, 0.25) is 0 Å². The van der Waals surface area contributed by atoms with Crippen LogP contribution >= 0.6 is 0 Å². The summed E-state index contributed by atoms with van der Waals surface area (Å²) in [6.45, 7) is 10.9. The Hall–Kier alpha value is -0.570. The van der Waals surface area contributed by atoms with Crippen LogP contribution in [0, 0.1) is 16.7 Å². The van der Waals surface area contributed by atoms with E-state index in [9.17, 15) is 9.90 Å². The molecule has 1 saturated carbocycles. The average Bonchev–Trinajstić information content (AvgIpc) is 2.93. The molecular weight excluding hydrogens is 262 g/mol. The highest BCUT2D eigenvalue weighted by Crippen LogP contribution is 2.43. The minimum Gasteiger partial charge on any atom is -0.481 e. The van der Waals surface area contributed by atoms with E-state index in [-0.39, 0.29) is 0 Å². The second kappa shape index (κ2) is 6.28. The molecule has 0 amide bonds. The SMILES string of the molecule is CCC1(C(=O)O)CCN(C2CCC(C(C)(C)CC)CC2)C1. The number of rotatable bonds is 5. The predicted octanol–water partition coefficient (Wildman–Crippen LogP) is 4.17. The molecule has 1 atom stereocenters. The topological polar surface area (TPSA) is 40.5 Å². The summed E-state index contributed by atoms with van der Waals surface area (Å²) in [5.41, 5.74) is -0.0102. The van der Waals surface area contributed by atoms with Crippen molar-refractivity contribution in [1.29, 1.82) is 0 Å². The van der Waals surface area contributed by atoms with Crippen LogP contribution in [0.3, 0.4) is 0 Å². The molecule has 2 rings (SSSR count). The van der Waals surface area contributed by atoms with Crippen LogP contribution in [-0.2, 0) is 4.79 Å². The number of hydrogen-bond donors (Lipinski definition) is 1. The Bertz CT molecular complexity index is 371. The van der Waals surface area contributed by atoms with Gasteiger partial charge in [0.05, 0.1) is 5.41 Å². The fourth-order valence-electron chi connectivity index (χ4n) is 4.34. The molecule has 0 radical (unpaired) electrons. The van der Waals surface area contributed by atoms with Gasteiger partial charge >= 0.3 is 5.97 Å². The first kappa shape index (κ1) is 16.8. The molecule has 1 heterocycles. The van der Waals surface area contributed by atoms with Crippen LogP contribution in [0.1, 0.15) is 72.6 Å². The van der Waals surface area contributed by atoms with E-state index >= 15 is 0 Å². The fourth-order valence-corrected chi connectivity index (χ4v) is 4.34. The first-order chi connectivity index (χ1) is 9.84. The second-order valence-electron chi connectivity index (χ2n) is 8.01. The molecule has 21 heavy (non-hydrogen) atoms. The van der Waals surface area contributed by atoms with Crippen molar-refractivity contribution in [2.75, 3.05) is 13.1 Å². The van der Waals surface area contributed by atoms with E-state index in [0.29, 0.717) is 11.5 Å². The van der Waals surface area contributed by atoms with Gasteiger partial charge in [-0.15, -0.1) is 0 Å². The van der Waals surface area contributed by atoms with Gasteiger partial charge in [-0.3, -0.25) is 9.69 Å². The number of carboxylic acids is 1. The Balaban J connectivity index is 1.91. The zero-order valence-corrected chi connectivity index (χ0v) is 14.3. The molecular formula is C18H33NO2. The van der Waals surface area contributed by atoms with Crippen LogP contribution in [0.25, 0.3) is 0 Å². The van der Waals surface area contributed by atoms with Crippen LogP contribution in [0.15, 0.2) is 0 Å². The van der Waals surface area contributed by atoms with Crippen molar-refractivity contribution >= 4 is 5.97 Å². The number of carbonyl (C=O) groups is 1. The van der Waals surface area contributed by atoms with Crippen LogP contribution in [0.4, 0.5) is 0 Å². The van der Waals surface area contributed by atoms with Gasteiger partial charge in [-0.25, -0.2) is 0 Å². The summed E-state index contributed by atoms with van der Waals surface area (Å²) in [5, 5.41) is 9.53. The summed E-state index contributed by atoms with van der Waals surface area (Å²) >= 11 is 0. The Kier molecular flexibility index (Phi) is 5.02. The highest BCUT2D eigenvalue weighted by molar-refractivity contribution is 5.75. The maximum absolute atomic E-state index is 11.6. The molecule has 1 aliphatic heterocycles. The quantitative estimate of drug-likeness (QED) is 0.827. The minimum absolute atomic E-state index is 0.463. The van der Waals surface area contributed by atoms with Crippen molar-refractivity contribution in [3.05, 3.63) is 0 Å². The van der Waals surface area contributed by atoms with E-state index in [2.05, 4.69) is 25.7 Å². The second-order valence-corrected chi connectivity index (χ2v) is 8.01. The van der Waals surface area contributed by atoms with Crippen molar-refractivity contribution in [2.45, 2.75) is 78.7 Å². The monoisotopic (exact) mass is 295 g/mol. The number of carboxylic acid groups (broad SMARTS) is 1. The highest BCUT2D eigenvalue weighted by Gasteiger charge is 2.45. The Morgan fingerprint density at radius 3 is 2.29 bits per heavy atom. The summed E-state index contributed by atoms with van der Waals surface area (Å²) in [7, 11) is 0. The van der Waals surface area contributed by atoms with Crippen molar-refractivity contribution < 1.29 is 9.90 Å². The van der Waals surface area contributed by atoms with Crippen LogP contribution in [0.5, 0.6) is 0 Å². The smallest absolute Gasteiger partial charge is 0.310 e. The Labute approximate surface area is 130 Å². The summed E-state index contributed by atoms with van der Waals surface area (Å²) in [4.78, 5) is 14.1. The molecule has 1 unspecified atom stereocenters. The molecule has 0 aromatic rings. The maximum atomic E-state index is 11.6. The molecule has 122 valence electrons.